The topological polar surface area (TPSA) is 34.9 Å². The second-order valence-electron chi connectivity index (χ2n) is 3.71. The van der Waals surface area contributed by atoms with Gasteiger partial charge in [-0.25, -0.2) is 4.98 Å². The van der Waals surface area contributed by atoms with E-state index in [0.717, 1.165) is 11.3 Å². The van der Waals surface area contributed by atoms with Crippen molar-refractivity contribution in [2.75, 3.05) is 0 Å². The van der Waals surface area contributed by atoms with Gasteiger partial charge in [0.15, 0.2) is 5.78 Å². The predicted octanol–water partition coefficient (Wildman–Crippen LogP) is 2.47. The molecular formula is C12H14N2OS. The molecule has 2 heterocycles. The average molecular weight is 234 g/mol. The van der Waals surface area contributed by atoms with Crippen LogP contribution in [0, 0.1) is 0 Å². The standard InChI is InChI=1S/C12H14N2OS/c1-3-9-4-5-10(16-9)6-12(15)11-7-13-8-14(11)2/h4-5,7-8H,3,6H2,1-2H3. The highest BCUT2D eigenvalue weighted by molar-refractivity contribution is 7.12. The van der Waals surface area contributed by atoms with Crippen molar-refractivity contribution in [2.45, 2.75) is 19.8 Å². The Kier molecular flexibility index (Phi) is 3.19. The summed E-state index contributed by atoms with van der Waals surface area (Å²) >= 11 is 1.71. The largest absolute Gasteiger partial charge is 0.331 e. The van der Waals surface area contributed by atoms with Gasteiger partial charge in [0.05, 0.1) is 12.5 Å². The number of carbonyl (C=O) groups is 1. The monoisotopic (exact) mass is 234 g/mol. The molecule has 0 bridgehead atoms. The first kappa shape index (κ1) is 11.1. The van der Waals surface area contributed by atoms with Gasteiger partial charge >= 0.3 is 0 Å². The van der Waals surface area contributed by atoms with Crippen molar-refractivity contribution >= 4 is 17.1 Å². The first-order chi connectivity index (χ1) is 7.70. The number of carbonyl (C=O) groups excluding carboxylic acids is 1. The average Bonchev–Trinajstić information content (AvgIpc) is 2.86. The van der Waals surface area contributed by atoms with E-state index in [4.69, 9.17) is 0 Å². The number of Topliss-reactive ketones (excluding diaryl/α,β-unsaturated/α-hetero) is 1. The second kappa shape index (κ2) is 4.61. The normalized spacial score (nSPS) is 10.6. The summed E-state index contributed by atoms with van der Waals surface area (Å²) in [5.74, 6) is 0.129. The maximum Gasteiger partial charge on any atom is 0.186 e. The summed E-state index contributed by atoms with van der Waals surface area (Å²) in [6.45, 7) is 2.12. The molecule has 2 aromatic heterocycles. The van der Waals surface area contributed by atoms with Crippen molar-refractivity contribution in [2.24, 2.45) is 7.05 Å². The zero-order chi connectivity index (χ0) is 11.5. The highest BCUT2D eigenvalue weighted by Gasteiger charge is 2.11. The summed E-state index contributed by atoms with van der Waals surface area (Å²) < 4.78 is 1.76. The summed E-state index contributed by atoms with van der Waals surface area (Å²) in [5.41, 5.74) is 0.673. The van der Waals surface area contributed by atoms with Gasteiger partial charge in [-0.05, 0) is 18.6 Å². The lowest BCUT2D eigenvalue weighted by Gasteiger charge is -1.99. The van der Waals surface area contributed by atoms with E-state index in [1.165, 1.54) is 4.88 Å². The Labute approximate surface area is 98.8 Å². The summed E-state index contributed by atoms with van der Waals surface area (Å²) in [5, 5.41) is 0. The van der Waals surface area contributed by atoms with Crippen molar-refractivity contribution < 1.29 is 4.79 Å². The van der Waals surface area contributed by atoms with Gasteiger partial charge in [0.2, 0.25) is 0 Å². The SMILES string of the molecule is CCc1ccc(CC(=O)c2cncn2C)s1. The van der Waals surface area contributed by atoms with Crippen LogP contribution >= 0.6 is 11.3 Å². The smallest absolute Gasteiger partial charge is 0.186 e. The van der Waals surface area contributed by atoms with Crippen LogP contribution in [0.25, 0.3) is 0 Å². The number of aromatic nitrogens is 2. The van der Waals surface area contributed by atoms with E-state index >= 15 is 0 Å². The van der Waals surface area contributed by atoms with Crippen LogP contribution in [-0.2, 0) is 19.9 Å². The van der Waals surface area contributed by atoms with Crippen LogP contribution in [0.4, 0.5) is 0 Å². The van der Waals surface area contributed by atoms with Gasteiger partial charge in [0.25, 0.3) is 0 Å². The van der Waals surface area contributed by atoms with Gasteiger partial charge in [0, 0.05) is 23.2 Å². The van der Waals surface area contributed by atoms with Crippen LogP contribution in [0.15, 0.2) is 24.7 Å². The highest BCUT2D eigenvalue weighted by Crippen LogP contribution is 2.18. The lowest BCUT2D eigenvalue weighted by Crippen LogP contribution is -2.07. The van der Waals surface area contributed by atoms with Gasteiger partial charge < -0.3 is 4.57 Å². The van der Waals surface area contributed by atoms with Crippen molar-refractivity contribution in [3.8, 4) is 0 Å². The molecule has 0 aromatic carbocycles. The summed E-state index contributed by atoms with van der Waals surface area (Å²) in [6.07, 6.45) is 4.78. The van der Waals surface area contributed by atoms with Crippen LogP contribution in [0.1, 0.15) is 27.2 Å². The third-order valence-corrected chi connectivity index (χ3v) is 3.73. The fourth-order valence-corrected chi connectivity index (χ4v) is 2.54. The first-order valence-electron chi connectivity index (χ1n) is 5.27. The van der Waals surface area contributed by atoms with Crippen LogP contribution in [0.3, 0.4) is 0 Å². The second-order valence-corrected chi connectivity index (χ2v) is 4.96. The van der Waals surface area contributed by atoms with Crippen molar-refractivity contribution in [1.29, 1.82) is 0 Å². The van der Waals surface area contributed by atoms with E-state index in [1.807, 2.05) is 13.1 Å². The number of rotatable bonds is 4. The highest BCUT2D eigenvalue weighted by atomic mass is 32.1. The minimum absolute atomic E-state index is 0.129. The molecule has 16 heavy (non-hydrogen) atoms. The molecule has 0 saturated carbocycles. The van der Waals surface area contributed by atoms with Crippen LogP contribution in [-0.4, -0.2) is 15.3 Å². The molecule has 0 N–H and O–H groups in total. The molecular weight excluding hydrogens is 220 g/mol. The van der Waals surface area contributed by atoms with E-state index in [2.05, 4.69) is 18.0 Å². The molecule has 2 aromatic rings. The maximum absolute atomic E-state index is 11.9. The molecule has 84 valence electrons. The molecule has 0 amide bonds. The summed E-state index contributed by atoms with van der Waals surface area (Å²) in [6, 6.07) is 4.13. The van der Waals surface area contributed by atoms with Crippen molar-refractivity contribution in [1.82, 2.24) is 9.55 Å². The van der Waals surface area contributed by atoms with Gasteiger partial charge in [-0.3, -0.25) is 4.79 Å². The Bertz CT molecular complexity index is 499. The lowest BCUT2D eigenvalue weighted by atomic mass is 10.2. The number of aryl methyl sites for hydroxylation is 2. The van der Waals surface area contributed by atoms with Gasteiger partial charge in [-0.15, -0.1) is 11.3 Å². The van der Waals surface area contributed by atoms with E-state index in [9.17, 15) is 4.79 Å². The van der Waals surface area contributed by atoms with Crippen LogP contribution in [0.2, 0.25) is 0 Å². The molecule has 0 aliphatic carbocycles. The fourth-order valence-electron chi connectivity index (χ4n) is 1.58. The molecule has 0 aliphatic heterocycles. The third-order valence-electron chi connectivity index (χ3n) is 2.50. The van der Waals surface area contributed by atoms with Gasteiger partial charge in [-0.2, -0.15) is 0 Å². The molecule has 0 unspecified atom stereocenters. The molecule has 4 heteroatoms. The molecule has 3 nitrogen and oxygen atoms in total. The molecule has 0 aliphatic rings. The predicted molar refractivity (Wildman–Crippen MR) is 64.9 cm³/mol. The molecule has 0 radical (unpaired) electrons. The maximum atomic E-state index is 11.9. The molecule has 0 atom stereocenters. The minimum Gasteiger partial charge on any atom is -0.331 e. The quantitative estimate of drug-likeness (QED) is 0.762. The third kappa shape index (κ3) is 2.22. The Morgan fingerprint density at radius 3 is 2.75 bits per heavy atom. The number of nitrogens with zero attached hydrogens (tertiary/aromatic N) is 2. The lowest BCUT2D eigenvalue weighted by molar-refractivity contribution is 0.0986. The Hall–Kier alpha value is -1.42. The van der Waals surface area contributed by atoms with Crippen molar-refractivity contribution in [3.05, 3.63) is 40.1 Å². The Balaban J connectivity index is 2.11. The van der Waals surface area contributed by atoms with E-state index in [-0.39, 0.29) is 5.78 Å². The first-order valence-corrected chi connectivity index (χ1v) is 6.09. The zero-order valence-corrected chi connectivity index (χ0v) is 10.3. The molecule has 0 spiro atoms. The van der Waals surface area contributed by atoms with Crippen LogP contribution < -0.4 is 0 Å². The molecule has 0 fully saturated rings. The van der Waals surface area contributed by atoms with Gasteiger partial charge in [-0.1, -0.05) is 6.92 Å². The van der Waals surface area contributed by atoms with Crippen molar-refractivity contribution in [3.63, 3.8) is 0 Å². The number of thiophene rings is 1. The van der Waals surface area contributed by atoms with E-state index in [0.29, 0.717) is 12.1 Å². The Morgan fingerprint density at radius 2 is 2.19 bits per heavy atom. The summed E-state index contributed by atoms with van der Waals surface area (Å²) in [4.78, 5) is 18.3. The van der Waals surface area contributed by atoms with Gasteiger partial charge in [0.1, 0.15) is 5.69 Å². The molecule has 0 saturated heterocycles. The van der Waals surface area contributed by atoms with E-state index in [1.54, 1.807) is 28.4 Å². The zero-order valence-electron chi connectivity index (χ0n) is 9.43. The Morgan fingerprint density at radius 1 is 1.44 bits per heavy atom. The number of hydrogen-bond acceptors (Lipinski definition) is 3. The number of imidazole rings is 1. The molecule has 2 rings (SSSR count). The van der Waals surface area contributed by atoms with Crippen LogP contribution in [0.5, 0.6) is 0 Å². The number of ketones is 1. The minimum atomic E-state index is 0.129. The fraction of sp³-hybridized carbons (Fsp3) is 0.333. The van der Waals surface area contributed by atoms with E-state index < -0.39 is 0 Å². The summed E-state index contributed by atoms with van der Waals surface area (Å²) in [7, 11) is 1.84. The number of hydrogen-bond donors (Lipinski definition) is 0.